The summed E-state index contributed by atoms with van der Waals surface area (Å²) in [7, 11) is 3.96. The number of hydrogen-bond donors (Lipinski definition) is 2. The van der Waals surface area contributed by atoms with Crippen molar-refractivity contribution in [2.45, 2.75) is 57.1 Å². The first-order valence-corrected chi connectivity index (χ1v) is 7.88. The highest BCUT2D eigenvalue weighted by molar-refractivity contribution is 9.10. The Morgan fingerprint density at radius 2 is 2.11 bits per heavy atom. The summed E-state index contributed by atoms with van der Waals surface area (Å²) in [6, 6.07) is 0.557. The Labute approximate surface area is 123 Å². The van der Waals surface area contributed by atoms with Crippen molar-refractivity contribution in [2.75, 3.05) is 7.05 Å². The van der Waals surface area contributed by atoms with Gasteiger partial charge in [-0.15, -0.1) is 0 Å². The molecule has 1 aliphatic rings. The van der Waals surface area contributed by atoms with Crippen LogP contribution in [-0.4, -0.2) is 33.6 Å². The predicted molar refractivity (Wildman–Crippen MR) is 80.3 cm³/mol. The largest absolute Gasteiger partial charge is 0.389 e. The molecule has 0 aliphatic heterocycles. The van der Waals surface area contributed by atoms with Crippen LogP contribution in [0.2, 0.25) is 0 Å². The third-order valence-corrected chi connectivity index (χ3v) is 5.24. The van der Waals surface area contributed by atoms with Crippen LogP contribution in [0.3, 0.4) is 0 Å². The van der Waals surface area contributed by atoms with E-state index in [0.29, 0.717) is 12.5 Å². The first-order chi connectivity index (χ1) is 8.99. The number of halogens is 1. The Kier molecular flexibility index (Phi) is 4.69. The summed E-state index contributed by atoms with van der Waals surface area (Å²) in [5, 5.41) is 18.6. The van der Waals surface area contributed by atoms with E-state index in [2.05, 4.69) is 33.3 Å². The SMILES string of the molecule is CCc1nn(C)c(CC2(O)CCC(NC)CC2)c1Br. The number of aromatic nitrogens is 2. The molecule has 0 radical (unpaired) electrons. The molecule has 4 nitrogen and oxygen atoms in total. The van der Waals surface area contributed by atoms with Gasteiger partial charge in [-0.05, 0) is 55.1 Å². The van der Waals surface area contributed by atoms with Crippen LogP contribution in [0, 0.1) is 0 Å². The quantitative estimate of drug-likeness (QED) is 0.890. The predicted octanol–water partition coefficient (Wildman–Crippen LogP) is 2.18. The fraction of sp³-hybridized carbons (Fsp3) is 0.786. The van der Waals surface area contributed by atoms with E-state index in [4.69, 9.17) is 0 Å². The fourth-order valence-electron chi connectivity index (χ4n) is 2.94. The van der Waals surface area contributed by atoms with Gasteiger partial charge >= 0.3 is 0 Å². The lowest BCUT2D eigenvalue weighted by Gasteiger charge is -2.36. The summed E-state index contributed by atoms with van der Waals surface area (Å²) >= 11 is 3.63. The zero-order valence-electron chi connectivity index (χ0n) is 12.0. The molecule has 0 aromatic carbocycles. The minimum Gasteiger partial charge on any atom is -0.389 e. The van der Waals surface area contributed by atoms with E-state index in [-0.39, 0.29) is 0 Å². The molecule has 0 saturated heterocycles. The van der Waals surface area contributed by atoms with Crippen LogP contribution in [0.4, 0.5) is 0 Å². The van der Waals surface area contributed by atoms with Gasteiger partial charge < -0.3 is 10.4 Å². The normalized spacial score (nSPS) is 27.7. The number of nitrogens with one attached hydrogen (secondary N) is 1. The third-order valence-electron chi connectivity index (χ3n) is 4.32. The lowest BCUT2D eigenvalue weighted by Crippen LogP contribution is -2.42. The molecule has 1 aromatic heterocycles. The minimum absolute atomic E-state index is 0.557. The average molecular weight is 330 g/mol. The van der Waals surface area contributed by atoms with Gasteiger partial charge in [0.1, 0.15) is 0 Å². The van der Waals surface area contributed by atoms with Crippen molar-refractivity contribution in [3.63, 3.8) is 0 Å². The molecule has 19 heavy (non-hydrogen) atoms. The van der Waals surface area contributed by atoms with Crippen LogP contribution in [0.1, 0.15) is 44.0 Å². The van der Waals surface area contributed by atoms with Crippen LogP contribution < -0.4 is 5.32 Å². The highest BCUT2D eigenvalue weighted by Crippen LogP contribution is 2.34. The second-order valence-corrected chi connectivity index (χ2v) is 6.44. The molecule has 5 heteroatoms. The van der Waals surface area contributed by atoms with Gasteiger partial charge in [-0.25, -0.2) is 0 Å². The van der Waals surface area contributed by atoms with Gasteiger partial charge in [0.2, 0.25) is 0 Å². The number of hydrogen-bond acceptors (Lipinski definition) is 3. The van der Waals surface area contributed by atoms with Crippen molar-refractivity contribution in [1.29, 1.82) is 0 Å². The summed E-state index contributed by atoms with van der Waals surface area (Å²) in [6.45, 7) is 2.10. The standard InChI is InChI=1S/C14H24BrN3O/c1-4-11-13(15)12(18(3)17-11)9-14(19)7-5-10(16-2)6-8-14/h10,16,19H,4-9H2,1-3H3. The van der Waals surface area contributed by atoms with Gasteiger partial charge in [-0.2, -0.15) is 5.10 Å². The Morgan fingerprint density at radius 3 is 2.58 bits per heavy atom. The van der Waals surface area contributed by atoms with E-state index >= 15 is 0 Å². The highest BCUT2D eigenvalue weighted by Gasteiger charge is 2.34. The van der Waals surface area contributed by atoms with E-state index in [9.17, 15) is 5.11 Å². The summed E-state index contributed by atoms with van der Waals surface area (Å²) in [6.07, 6.45) is 5.41. The smallest absolute Gasteiger partial charge is 0.0766 e. The van der Waals surface area contributed by atoms with Gasteiger partial charge in [-0.3, -0.25) is 4.68 Å². The molecule has 1 saturated carbocycles. The van der Waals surface area contributed by atoms with Crippen molar-refractivity contribution in [2.24, 2.45) is 7.05 Å². The first kappa shape index (κ1) is 15.0. The Hall–Kier alpha value is -0.390. The van der Waals surface area contributed by atoms with E-state index in [1.54, 1.807) is 0 Å². The van der Waals surface area contributed by atoms with Crippen LogP contribution >= 0.6 is 15.9 Å². The lowest BCUT2D eigenvalue weighted by atomic mass is 9.79. The zero-order valence-corrected chi connectivity index (χ0v) is 13.6. The van der Waals surface area contributed by atoms with Gasteiger partial charge in [-0.1, -0.05) is 6.92 Å². The second-order valence-electron chi connectivity index (χ2n) is 5.65. The first-order valence-electron chi connectivity index (χ1n) is 7.09. The molecule has 0 atom stereocenters. The molecule has 1 heterocycles. The summed E-state index contributed by atoms with van der Waals surface area (Å²) in [5.74, 6) is 0. The minimum atomic E-state index is -0.575. The van der Waals surface area contributed by atoms with Gasteiger partial charge in [0.15, 0.2) is 0 Å². The van der Waals surface area contributed by atoms with Crippen molar-refractivity contribution in [3.8, 4) is 0 Å². The maximum atomic E-state index is 10.8. The van der Waals surface area contributed by atoms with Gasteiger partial charge in [0.05, 0.1) is 21.5 Å². The molecular weight excluding hydrogens is 306 g/mol. The average Bonchev–Trinajstić information content (AvgIpc) is 2.67. The van der Waals surface area contributed by atoms with Crippen LogP contribution in [0.25, 0.3) is 0 Å². The van der Waals surface area contributed by atoms with Crippen LogP contribution in [0.15, 0.2) is 4.47 Å². The Bertz CT molecular complexity index is 436. The molecule has 1 fully saturated rings. The van der Waals surface area contributed by atoms with Crippen molar-refractivity contribution < 1.29 is 5.11 Å². The number of aryl methyl sites for hydroxylation is 2. The molecule has 1 aliphatic carbocycles. The number of nitrogens with zero attached hydrogens (tertiary/aromatic N) is 2. The molecule has 2 rings (SSSR count). The molecular formula is C14H24BrN3O. The summed E-state index contributed by atoms with van der Waals surface area (Å²) < 4.78 is 2.98. The van der Waals surface area contributed by atoms with E-state index in [1.807, 2.05) is 18.8 Å². The Balaban J connectivity index is 2.11. The zero-order chi connectivity index (χ0) is 14.0. The molecule has 1 aromatic rings. The highest BCUT2D eigenvalue weighted by atomic mass is 79.9. The number of aliphatic hydroxyl groups is 1. The third kappa shape index (κ3) is 3.20. The molecule has 108 valence electrons. The van der Waals surface area contributed by atoms with E-state index in [1.165, 1.54) is 0 Å². The van der Waals surface area contributed by atoms with Gasteiger partial charge in [0.25, 0.3) is 0 Å². The summed E-state index contributed by atoms with van der Waals surface area (Å²) in [4.78, 5) is 0. The molecule has 0 unspecified atom stereocenters. The summed E-state index contributed by atoms with van der Waals surface area (Å²) in [5.41, 5.74) is 1.61. The van der Waals surface area contributed by atoms with E-state index in [0.717, 1.165) is 48.0 Å². The maximum absolute atomic E-state index is 10.8. The molecule has 0 spiro atoms. The molecule has 0 amide bonds. The fourth-order valence-corrected chi connectivity index (χ4v) is 3.70. The topological polar surface area (TPSA) is 50.1 Å². The molecule has 2 N–H and O–H groups in total. The Morgan fingerprint density at radius 1 is 1.47 bits per heavy atom. The van der Waals surface area contributed by atoms with Crippen molar-refractivity contribution >= 4 is 15.9 Å². The lowest BCUT2D eigenvalue weighted by molar-refractivity contribution is -0.00404. The maximum Gasteiger partial charge on any atom is 0.0766 e. The van der Waals surface area contributed by atoms with Gasteiger partial charge in [0, 0.05) is 19.5 Å². The number of rotatable bonds is 4. The molecule has 0 bridgehead atoms. The van der Waals surface area contributed by atoms with Crippen LogP contribution in [0.5, 0.6) is 0 Å². The van der Waals surface area contributed by atoms with Crippen LogP contribution in [-0.2, 0) is 19.9 Å². The van der Waals surface area contributed by atoms with Crippen molar-refractivity contribution in [1.82, 2.24) is 15.1 Å². The second kappa shape index (κ2) is 5.94. The monoisotopic (exact) mass is 329 g/mol. The van der Waals surface area contributed by atoms with E-state index < -0.39 is 5.60 Å². The van der Waals surface area contributed by atoms with Crippen molar-refractivity contribution in [3.05, 3.63) is 15.9 Å².